The van der Waals surface area contributed by atoms with Crippen LogP contribution in [0.2, 0.25) is 0 Å². The van der Waals surface area contributed by atoms with Crippen molar-refractivity contribution in [3.05, 3.63) is 28.1 Å². The van der Waals surface area contributed by atoms with Gasteiger partial charge in [-0.2, -0.15) is 0 Å². The normalized spacial score (nSPS) is 11.1. The van der Waals surface area contributed by atoms with Crippen molar-refractivity contribution < 1.29 is 4.42 Å². The molecule has 1 aromatic heterocycles. The Labute approximate surface area is 91.5 Å². The molecule has 1 aromatic carbocycles. The maximum Gasteiger partial charge on any atom is 0.195 e. The van der Waals surface area contributed by atoms with Crippen LogP contribution in [-0.4, -0.2) is 4.98 Å². The summed E-state index contributed by atoms with van der Waals surface area (Å²) in [5.74, 6) is 0.828. The van der Waals surface area contributed by atoms with Crippen LogP contribution in [0.1, 0.15) is 24.8 Å². The maximum atomic E-state index is 5.64. The van der Waals surface area contributed by atoms with E-state index < -0.39 is 0 Å². The number of rotatable bonds is 2. The molecular weight excluding hydrogens is 242 g/mol. The predicted octanol–water partition coefficient (Wildman–Crippen LogP) is 3.85. The number of hydrogen-bond acceptors (Lipinski definition) is 2. The fourth-order valence-corrected chi connectivity index (χ4v) is 2.14. The average Bonchev–Trinajstić information content (AvgIpc) is 2.48. The van der Waals surface area contributed by atoms with Gasteiger partial charge in [0.25, 0.3) is 0 Å². The van der Waals surface area contributed by atoms with Crippen LogP contribution in [0.25, 0.3) is 11.1 Å². The third-order valence-electron chi connectivity index (χ3n) is 2.10. The molecule has 0 atom stereocenters. The molecule has 0 saturated carbocycles. The zero-order chi connectivity index (χ0) is 10.1. The van der Waals surface area contributed by atoms with E-state index >= 15 is 0 Å². The van der Waals surface area contributed by atoms with Crippen molar-refractivity contribution in [1.82, 2.24) is 4.98 Å². The van der Waals surface area contributed by atoms with Gasteiger partial charge in [-0.1, -0.05) is 6.92 Å². The lowest BCUT2D eigenvalue weighted by atomic mass is 10.2. The molecule has 2 nitrogen and oxygen atoms in total. The minimum atomic E-state index is 0.828. The molecule has 14 heavy (non-hydrogen) atoms. The summed E-state index contributed by atoms with van der Waals surface area (Å²) in [5.41, 5.74) is 3.00. The van der Waals surface area contributed by atoms with E-state index in [0.29, 0.717) is 0 Å². The molecule has 0 amide bonds. The highest BCUT2D eigenvalue weighted by Crippen LogP contribution is 2.26. The Morgan fingerprint density at radius 3 is 2.93 bits per heavy atom. The molecule has 0 unspecified atom stereocenters. The highest BCUT2D eigenvalue weighted by atomic mass is 79.9. The van der Waals surface area contributed by atoms with Crippen LogP contribution in [0.3, 0.4) is 0 Å². The predicted molar refractivity (Wildman–Crippen MR) is 60.4 cm³/mol. The second kappa shape index (κ2) is 3.73. The molecule has 0 bridgehead atoms. The number of oxazole rings is 1. The summed E-state index contributed by atoms with van der Waals surface area (Å²) in [4.78, 5) is 4.43. The zero-order valence-electron chi connectivity index (χ0n) is 8.30. The number of nitrogens with zero attached hydrogens (tertiary/aromatic N) is 1. The van der Waals surface area contributed by atoms with Gasteiger partial charge < -0.3 is 4.42 Å². The first-order valence-electron chi connectivity index (χ1n) is 4.76. The van der Waals surface area contributed by atoms with Gasteiger partial charge in [0.1, 0.15) is 5.52 Å². The zero-order valence-corrected chi connectivity index (χ0v) is 9.89. The highest BCUT2D eigenvalue weighted by molar-refractivity contribution is 9.10. The molecule has 0 radical (unpaired) electrons. The van der Waals surface area contributed by atoms with E-state index in [0.717, 1.165) is 34.3 Å². The van der Waals surface area contributed by atoms with Gasteiger partial charge in [-0.25, -0.2) is 4.98 Å². The summed E-state index contributed by atoms with van der Waals surface area (Å²) in [7, 11) is 0. The van der Waals surface area contributed by atoms with E-state index in [4.69, 9.17) is 4.42 Å². The molecule has 0 spiro atoms. The van der Waals surface area contributed by atoms with E-state index in [1.54, 1.807) is 0 Å². The number of aryl methyl sites for hydroxylation is 2. The van der Waals surface area contributed by atoms with E-state index in [2.05, 4.69) is 34.8 Å². The van der Waals surface area contributed by atoms with E-state index in [-0.39, 0.29) is 0 Å². The smallest absolute Gasteiger partial charge is 0.195 e. The Morgan fingerprint density at radius 1 is 1.43 bits per heavy atom. The second-order valence-electron chi connectivity index (χ2n) is 3.45. The molecule has 3 heteroatoms. The second-order valence-corrected chi connectivity index (χ2v) is 4.31. The molecule has 0 fully saturated rings. The van der Waals surface area contributed by atoms with Crippen molar-refractivity contribution in [3.63, 3.8) is 0 Å². The fourth-order valence-electron chi connectivity index (χ4n) is 1.49. The Hall–Kier alpha value is -0.830. The number of fused-ring (bicyclic) bond motifs is 1. The first kappa shape index (κ1) is 9.71. The average molecular weight is 254 g/mol. The number of hydrogen-bond donors (Lipinski definition) is 0. The van der Waals surface area contributed by atoms with Crippen molar-refractivity contribution in [3.8, 4) is 0 Å². The number of halogens is 1. The monoisotopic (exact) mass is 253 g/mol. The maximum absolute atomic E-state index is 5.64. The van der Waals surface area contributed by atoms with Gasteiger partial charge in [0.05, 0.1) is 4.47 Å². The third-order valence-corrected chi connectivity index (χ3v) is 2.69. The molecule has 1 heterocycles. The van der Waals surface area contributed by atoms with E-state index in [1.807, 2.05) is 12.1 Å². The standard InChI is InChI=1S/C11H12BrNO/c1-3-4-10-13-9-6-7(2)5-8(12)11(9)14-10/h5-6H,3-4H2,1-2H3. The first-order chi connectivity index (χ1) is 6.70. The molecule has 2 rings (SSSR count). The molecule has 0 aliphatic heterocycles. The Bertz CT molecular complexity index is 462. The lowest BCUT2D eigenvalue weighted by Crippen LogP contribution is -1.80. The summed E-state index contributed by atoms with van der Waals surface area (Å²) < 4.78 is 6.62. The lowest BCUT2D eigenvalue weighted by molar-refractivity contribution is 0.524. The Morgan fingerprint density at radius 2 is 2.21 bits per heavy atom. The molecule has 0 aliphatic carbocycles. The SMILES string of the molecule is CCCc1nc2cc(C)cc(Br)c2o1. The quantitative estimate of drug-likeness (QED) is 0.813. The molecule has 0 aliphatic rings. The van der Waals surface area contributed by atoms with Crippen LogP contribution in [-0.2, 0) is 6.42 Å². The van der Waals surface area contributed by atoms with Gasteiger partial charge in [0, 0.05) is 6.42 Å². The van der Waals surface area contributed by atoms with Crippen LogP contribution in [0.5, 0.6) is 0 Å². The summed E-state index contributed by atoms with van der Waals surface area (Å²) in [5, 5.41) is 0. The van der Waals surface area contributed by atoms with Crippen molar-refractivity contribution in [2.24, 2.45) is 0 Å². The van der Waals surface area contributed by atoms with Crippen LogP contribution >= 0.6 is 15.9 Å². The van der Waals surface area contributed by atoms with Crippen molar-refractivity contribution in [2.75, 3.05) is 0 Å². The summed E-state index contributed by atoms with van der Waals surface area (Å²) in [6.07, 6.45) is 1.96. The Balaban J connectivity index is 2.58. The molecule has 0 N–H and O–H groups in total. The first-order valence-corrected chi connectivity index (χ1v) is 5.55. The van der Waals surface area contributed by atoms with Crippen LogP contribution < -0.4 is 0 Å². The van der Waals surface area contributed by atoms with Crippen molar-refractivity contribution in [2.45, 2.75) is 26.7 Å². The summed E-state index contributed by atoms with van der Waals surface area (Å²) in [6.45, 7) is 4.17. The fraction of sp³-hybridized carbons (Fsp3) is 0.364. The largest absolute Gasteiger partial charge is 0.440 e. The van der Waals surface area contributed by atoms with Gasteiger partial charge in [0.2, 0.25) is 0 Å². The van der Waals surface area contributed by atoms with Crippen molar-refractivity contribution in [1.29, 1.82) is 0 Å². The number of aromatic nitrogens is 1. The topological polar surface area (TPSA) is 26.0 Å². The summed E-state index contributed by atoms with van der Waals surface area (Å²) >= 11 is 3.48. The molecule has 74 valence electrons. The minimum Gasteiger partial charge on any atom is -0.440 e. The molecule has 0 saturated heterocycles. The van der Waals surface area contributed by atoms with Crippen LogP contribution in [0, 0.1) is 6.92 Å². The van der Waals surface area contributed by atoms with Gasteiger partial charge in [-0.15, -0.1) is 0 Å². The third kappa shape index (κ3) is 1.69. The van der Waals surface area contributed by atoms with Gasteiger partial charge >= 0.3 is 0 Å². The van der Waals surface area contributed by atoms with Crippen LogP contribution in [0.15, 0.2) is 21.0 Å². The van der Waals surface area contributed by atoms with E-state index in [1.165, 1.54) is 5.56 Å². The molecular formula is C11H12BrNO. The van der Waals surface area contributed by atoms with Gasteiger partial charge in [-0.3, -0.25) is 0 Å². The number of benzene rings is 1. The lowest BCUT2D eigenvalue weighted by Gasteiger charge is -1.93. The highest BCUT2D eigenvalue weighted by Gasteiger charge is 2.08. The summed E-state index contributed by atoms with van der Waals surface area (Å²) in [6, 6.07) is 4.09. The van der Waals surface area contributed by atoms with Gasteiger partial charge in [0.15, 0.2) is 11.5 Å². The Kier molecular flexibility index (Phi) is 2.59. The van der Waals surface area contributed by atoms with Crippen molar-refractivity contribution >= 4 is 27.0 Å². The minimum absolute atomic E-state index is 0.828. The van der Waals surface area contributed by atoms with E-state index in [9.17, 15) is 0 Å². The molecule has 2 aromatic rings. The van der Waals surface area contributed by atoms with Gasteiger partial charge in [-0.05, 0) is 47.0 Å². The van der Waals surface area contributed by atoms with Crippen LogP contribution in [0.4, 0.5) is 0 Å².